The molecule has 0 spiro atoms. The van der Waals surface area contributed by atoms with Gasteiger partial charge in [0.15, 0.2) is 0 Å². The van der Waals surface area contributed by atoms with E-state index < -0.39 is 11.4 Å². The zero-order chi connectivity index (χ0) is 12.9. The van der Waals surface area contributed by atoms with Gasteiger partial charge in [-0.2, -0.15) is 0 Å². The van der Waals surface area contributed by atoms with Gasteiger partial charge in [0.05, 0.1) is 5.41 Å². The Morgan fingerprint density at radius 3 is 2.41 bits per heavy atom. The minimum absolute atomic E-state index is 0.633. The van der Waals surface area contributed by atoms with Gasteiger partial charge >= 0.3 is 5.97 Å². The van der Waals surface area contributed by atoms with Crippen molar-refractivity contribution in [1.82, 2.24) is 5.32 Å². The van der Waals surface area contributed by atoms with Gasteiger partial charge in [-0.05, 0) is 39.3 Å². The van der Waals surface area contributed by atoms with E-state index in [2.05, 4.69) is 36.5 Å². The maximum atomic E-state index is 10.9. The Labute approximate surface area is 103 Å². The first-order valence-electron chi connectivity index (χ1n) is 5.91. The van der Waals surface area contributed by atoms with Crippen molar-refractivity contribution in [3.63, 3.8) is 0 Å². The van der Waals surface area contributed by atoms with Crippen LogP contribution in [0.15, 0.2) is 24.3 Å². The molecule has 94 valence electrons. The summed E-state index contributed by atoms with van der Waals surface area (Å²) in [5.41, 5.74) is 1.82. The first-order chi connectivity index (χ1) is 7.92. The number of aryl methyl sites for hydroxylation is 1. The van der Waals surface area contributed by atoms with E-state index in [0.29, 0.717) is 13.0 Å². The molecule has 0 saturated heterocycles. The van der Waals surface area contributed by atoms with Crippen molar-refractivity contribution in [3.05, 3.63) is 35.4 Å². The summed E-state index contributed by atoms with van der Waals surface area (Å²) in [7, 11) is 0. The molecular weight excluding hydrogens is 214 g/mol. The Hall–Kier alpha value is -1.35. The molecule has 0 heterocycles. The minimum Gasteiger partial charge on any atom is -0.481 e. The van der Waals surface area contributed by atoms with Crippen LogP contribution in [0.5, 0.6) is 0 Å². The van der Waals surface area contributed by atoms with Crippen molar-refractivity contribution in [2.45, 2.75) is 33.7 Å². The van der Waals surface area contributed by atoms with Gasteiger partial charge in [0.25, 0.3) is 0 Å². The van der Waals surface area contributed by atoms with Crippen LogP contribution in [0.1, 0.15) is 31.4 Å². The van der Waals surface area contributed by atoms with Crippen molar-refractivity contribution < 1.29 is 9.90 Å². The molecule has 0 saturated carbocycles. The first kappa shape index (κ1) is 13.7. The number of hydrogen-bond donors (Lipinski definition) is 2. The average Bonchev–Trinajstić information content (AvgIpc) is 2.26. The van der Waals surface area contributed by atoms with Crippen LogP contribution in [0.4, 0.5) is 0 Å². The van der Waals surface area contributed by atoms with Crippen molar-refractivity contribution in [2.24, 2.45) is 5.41 Å². The van der Waals surface area contributed by atoms with Gasteiger partial charge in [-0.15, -0.1) is 0 Å². The second-order valence-electron chi connectivity index (χ2n) is 5.10. The summed E-state index contributed by atoms with van der Waals surface area (Å²) in [6, 6.07) is 8.34. The highest BCUT2D eigenvalue weighted by Gasteiger charge is 2.25. The first-order valence-corrected chi connectivity index (χ1v) is 5.91. The van der Waals surface area contributed by atoms with Crippen molar-refractivity contribution >= 4 is 5.97 Å². The number of rotatable bonds is 6. The predicted octanol–water partition coefficient (Wildman–Crippen LogP) is 2.59. The molecule has 1 aromatic carbocycles. The molecule has 0 unspecified atom stereocenters. The summed E-state index contributed by atoms with van der Waals surface area (Å²) < 4.78 is 0. The lowest BCUT2D eigenvalue weighted by Crippen LogP contribution is -2.28. The number of benzene rings is 1. The molecule has 0 aliphatic carbocycles. The molecule has 2 N–H and O–H groups in total. The fraction of sp³-hybridized carbons (Fsp3) is 0.500. The van der Waals surface area contributed by atoms with Crippen LogP contribution < -0.4 is 5.32 Å². The van der Waals surface area contributed by atoms with Crippen molar-refractivity contribution in [2.75, 3.05) is 6.54 Å². The van der Waals surface area contributed by atoms with Gasteiger partial charge in [0.1, 0.15) is 0 Å². The average molecular weight is 235 g/mol. The van der Waals surface area contributed by atoms with E-state index >= 15 is 0 Å². The van der Waals surface area contributed by atoms with E-state index in [0.717, 1.165) is 6.54 Å². The van der Waals surface area contributed by atoms with Crippen LogP contribution in [0, 0.1) is 12.3 Å². The summed E-state index contributed by atoms with van der Waals surface area (Å²) in [5, 5.41) is 12.2. The van der Waals surface area contributed by atoms with Gasteiger partial charge in [-0.25, -0.2) is 0 Å². The zero-order valence-electron chi connectivity index (χ0n) is 10.8. The molecule has 0 aliphatic heterocycles. The van der Waals surface area contributed by atoms with E-state index in [1.54, 1.807) is 13.8 Å². The SMILES string of the molecule is Cc1ccc(CNCCC(C)(C)C(=O)O)cc1. The topological polar surface area (TPSA) is 49.3 Å². The zero-order valence-corrected chi connectivity index (χ0v) is 10.8. The molecule has 3 heteroatoms. The second-order valence-corrected chi connectivity index (χ2v) is 5.10. The summed E-state index contributed by atoms with van der Waals surface area (Å²) in [6.07, 6.45) is 0.633. The van der Waals surface area contributed by atoms with E-state index in [9.17, 15) is 4.79 Å². The molecule has 0 amide bonds. The third-order valence-electron chi connectivity index (χ3n) is 2.96. The second kappa shape index (κ2) is 5.82. The lowest BCUT2D eigenvalue weighted by atomic mass is 9.90. The highest BCUT2D eigenvalue weighted by atomic mass is 16.4. The Balaban J connectivity index is 2.29. The van der Waals surface area contributed by atoms with Crippen LogP contribution in [-0.2, 0) is 11.3 Å². The summed E-state index contributed by atoms with van der Waals surface area (Å²) >= 11 is 0. The monoisotopic (exact) mass is 235 g/mol. The highest BCUT2D eigenvalue weighted by Crippen LogP contribution is 2.19. The smallest absolute Gasteiger partial charge is 0.309 e. The lowest BCUT2D eigenvalue weighted by molar-refractivity contribution is -0.147. The summed E-state index contributed by atoms with van der Waals surface area (Å²) in [4.78, 5) is 10.9. The van der Waals surface area contributed by atoms with E-state index in [4.69, 9.17) is 5.11 Å². The predicted molar refractivity (Wildman–Crippen MR) is 68.9 cm³/mol. The number of nitrogens with one attached hydrogen (secondary N) is 1. The number of carbonyl (C=O) groups is 1. The van der Waals surface area contributed by atoms with E-state index in [1.807, 2.05) is 0 Å². The van der Waals surface area contributed by atoms with Crippen LogP contribution in [0.2, 0.25) is 0 Å². The number of aliphatic carboxylic acids is 1. The van der Waals surface area contributed by atoms with Crippen molar-refractivity contribution in [3.8, 4) is 0 Å². The highest BCUT2D eigenvalue weighted by molar-refractivity contribution is 5.73. The molecule has 17 heavy (non-hydrogen) atoms. The van der Waals surface area contributed by atoms with Crippen molar-refractivity contribution in [1.29, 1.82) is 0 Å². The molecule has 0 aromatic heterocycles. The molecule has 0 bridgehead atoms. The Kier molecular flexibility index (Phi) is 4.70. The fourth-order valence-corrected chi connectivity index (χ4v) is 1.45. The van der Waals surface area contributed by atoms with Crippen LogP contribution in [0.25, 0.3) is 0 Å². The van der Waals surface area contributed by atoms with E-state index in [1.165, 1.54) is 11.1 Å². The third-order valence-corrected chi connectivity index (χ3v) is 2.96. The fourth-order valence-electron chi connectivity index (χ4n) is 1.45. The Morgan fingerprint density at radius 1 is 1.29 bits per heavy atom. The third kappa shape index (κ3) is 4.57. The normalized spacial score (nSPS) is 11.5. The van der Waals surface area contributed by atoms with Crippen LogP contribution in [0.3, 0.4) is 0 Å². The van der Waals surface area contributed by atoms with Gasteiger partial charge in [0.2, 0.25) is 0 Å². The molecular formula is C14H21NO2. The van der Waals surface area contributed by atoms with E-state index in [-0.39, 0.29) is 0 Å². The quantitative estimate of drug-likeness (QED) is 0.745. The van der Waals surface area contributed by atoms with Gasteiger partial charge in [-0.3, -0.25) is 4.79 Å². The molecule has 0 radical (unpaired) electrons. The Morgan fingerprint density at radius 2 is 1.88 bits per heavy atom. The van der Waals surface area contributed by atoms with Gasteiger partial charge in [-0.1, -0.05) is 29.8 Å². The molecule has 0 fully saturated rings. The summed E-state index contributed by atoms with van der Waals surface area (Å²) in [5.74, 6) is -0.741. The molecule has 3 nitrogen and oxygen atoms in total. The largest absolute Gasteiger partial charge is 0.481 e. The number of carboxylic acid groups (broad SMARTS) is 1. The molecule has 1 aromatic rings. The lowest BCUT2D eigenvalue weighted by Gasteiger charge is -2.18. The number of carboxylic acids is 1. The van der Waals surface area contributed by atoms with Crippen LogP contribution in [-0.4, -0.2) is 17.6 Å². The molecule has 0 aliphatic rings. The van der Waals surface area contributed by atoms with Gasteiger partial charge < -0.3 is 10.4 Å². The van der Waals surface area contributed by atoms with Crippen LogP contribution >= 0.6 is 0 Å². The number of hydrogen-bond acceptors (Lipinski definition) is 2. The minimum atomic E-state index is -0.741. The molecule has 1 rings (SSSR count). The Bertz CT molecular complexity index is 368. The standard InChI is InChI=1S/C14H21NO2/c1-11-4-6-12(7-5-11)10-15-9-8-14(2,3)13(16)17/h4-7,15H,8-10H2,1-3H3,(H,16,17). The maximum Gasteiger partial charge on any atom is 0.309 e. The summed E-state index contributed by atoms with van der Waals surface area (Å²) in [6.45, 7) is 7.07. The molecule has 0 atom stereocenters. The van der Waals surface area contributed by atoms with Gasteiger partial charge in [0, 0.05) is 6.54 Å². The maximum absolute atomic E-state index is 10.9.